The molecule has 0 heterocycles. The Hall–Kier alpha value is -0.640. The monoisotopic (exact) mass is 94.1 g/mol. The SMILES string of the molecule is F.NCC(N)=O. The van der Waals surface area contributed by atoms with E-state index in [0.29, 0.717) is 0 Å². The van der Waals surface area contributed by atoms with Crippen molar-refractivity contribution >= 4 is 5.91 Å². The molecule has 0 saturated carbocycles. The molecule has 0 spiro atoms. The van der Waals surface area contributed by atoms with Crippen LogP contribution in [0.4, 0.5) is 4.70 Å². The number of amides is 1. The molecule has 0 rings (SSSR count). The van der Waals surface area contributed by atoms with E-state index in [1.54, 1.807) is 0 Å². The standard InChI is InChI=1S/C2H6N2O.FH/c3-1-2(4)5;/h1,3H2,(H2,4,5);1H. The van der Waals surface area contributed by atoms with Crippen LogP contribution in [-0.4, -0.2) is 12.5 Å². The molecule has 4 heteroatoms. The van der Waals surface area contributed by atoms with Crippen molar-refractivity contribution in [2.45, 2.75) is 0 Å². The normalized spacial score (nSPS) is 6.17. The molecule has 6 heavy (non-hydrogen) atoms. The van der Waals surface area contributed by atoms with Crippen LogP contribution in [0.15, 0.2) is 0 Å². The minimum absolute atomic E-state index is 0. The Morgan fingerprint density at radius 1 is 1.67 bits per heavy atom. The van der Waals surface area contributed by atoms with Crippen molar-refractivity contribution in [1.29, 1.82) is 0 Å². The van der Waals surface area contributed by atoms with Gasteiger partial charge < -0.3 is 11.5 Å². The lowest BCUT2D eigenvalue weighted by atomic mass is 10.7. The maximum absolute atomic E-state index is 9.47. The Morgan fingerprint density at radius 2 is 1.83 bits per heavy atom. The number of carbonyl (C=O) groups excluding carboxylic acids is 1. The molecule has 0 saturated heterocycles. The minimum Gasteiger partial charge on any atom is -0.369 e. The highest BCUT2D eigenvalue weighted by atomic mass is 19.0. The number of carbonyl (C=O) groups is 1. The average molecular weight is 94.1 g/mol. The highest BCUT2D eigenvalue weighted by Gasteiger charge is 1.77. The molecule has 0 radical (unpaired) electrons. The number of nitrogens with two attached hydrogens (primary N) is 2. The van der Waals surface area contributed by atoms with Gasteiger partial charge in [0.25, 0.3) is 0 Å². The predicted molar refractivity (Wildman–Crippen MR) is 20.8 cm³/mol. The van der Waals surface area contributed by atoms with E-state index in [2.05, 4.69) is 5.73 Å². The van der Waals surface area contributed by atoms with Crippen molar-refractivity contribution in [3.63, 3.8) is 0 Å². The van der Waals surface area contributed by atoms with Gasteiger partial charge in [-0.2, -0.15) is 0 Å². The summed E-state index contributed by atoms with van der Waals surface area (Å²) in [6, 6.07) is 0. The first-order valence-corrected chi connectivity index (χ1v) is 1.25. The molecule has 1 amide bonds. The molecule has 0 aliphatic heterocycles. The molecule has 0 aromatic rings. The van der Waals surface area contributed by atoms with Gasteiger partial charge in [-0.1, -0.05) is 0 Å². The van der Waals surface area contributed by atoms with Crippen molar-refractivity contribution < 1.29 is 9.50 Å². The van der Waals surface area contributed by atoms with Gasteiger partial charge in [0.1, 0.15) is 0 Å². The zero-order chi connectivity index (χ0) is 4.28. The smallest absolute Gasteiger partial charge is 0.231 e. The number of primary amides is 1. The molecule has 0 aromatic carbocycles. The Balaban J connectivity index is 0. The lowest BCUT2D eigenvalue weighted by Gasteiger charge is -1.74. The van der Waals surface area contributed by atoms with E-state index in [9.17, 15) is 4.79 Å². The van der Waals surface area contributed by atoms with Gasteiger partial charge in [-0.15, -0.1) is 0 Å². The fourth-order valence-electron chi connectivity index (χ4n) is 0. The van der Waals surface area contributed by atoms with Gasteiger partial charge in [-0.05, 0) is 0 Å². The van der Waals surface area contributed by atoms with Gasteiger partial charge in [0.05, 0.1) is 6.54 Å². The van der Waals surface area contributed by atoms with E-state index in [0.717, 1.165) is 0 Å². The van der Waals surface area contributed by atoms with Crippen LogP contribution in [0.3, 0.4) is 0 Å². The Kier molecular flexibility index (Phi) is 6.56. The molecule has 4 N–H and O–H groups in total. The molecule has 0 atom stereocenters. The van der Waals surface area contributed by atoms with Crippen molar-refractivity contribution in [3.05, 3.63) is 0 Å². The van der Waals surface area contributed by atoms with E-state index in [4.69, 9.17) is 5.73 Å². The van der Waals surface area contributed by atoms with Crippen LogP contribution in [-0.2, 0) is 4.79 Å². The van der Waals surface area contributed by atoms with Gasteiger partial charge >= 0.3 is 0 Å². The maximum Gasteiger partial charge on any atom is 0.231 e. The first-order valence-electron chi connectivity index (χ1n) is 1.25. The van der Waals surface area contributed by atoms with E-state index in [1.165, 1.54) is 0 Å². The van der Waals surface area contributed by atoms with Gasteiger partial charge in [-0.25, -0.2) is 0 Å². The summed E-state index contributed by atoms with van der Waals surface area (Å²) in [5.41, 5.74) is 9.22. The quantitative estimate of drug-likeness (QED) is 0.419. The molecule has 3 nitrogen and oxygen atoms in total. The second-order valence-electron chi connectivity index (χ2n) is 0.670. The molecule has 38 valence electrons. The van der Waals surface area contributed by atoms with Crippen molar-refractivity contribution in [2.75, 3.05) is 6.54 Å². The third kappa shape index (κ3) is 10.1. The Morgan fingerprint density at radius 3 is 1.83 bits per heavy atom. The van der Waals surface area contributed by atoms with Crippen LogP contribution in [0.25, 0.3) is 0 Å². The summed E-state index contributed by atoms with van der Waals surface area (Å²) >= 11 is 0. The van der Waals surface area contributed by atoms with Gasteiger partial charge in [0.2, 0.25) is 5.91 Å². The van der Waals surface area contributed by atoms with Crippen LogP contribution in [0.2, 0.25) is 0 Å². The van der Waals surface area contributed by atoms with E-state index in [1.807, 2.05) is 0 Å². The zero-order valence-electron chi connectivity index (χ0n) is 3.18. The summed E-state index contributed by atoms with van der Waals surface area (Å²) in [6.07, 6.45) is 0. The first kappa shape index (κ1) is 9.03. The maximum atomic E-state index is 9.47. The largest absolute Gasteiger partial charge is 0.369 e. The first-order chi connectivity index (χ1) is 2.27. The fraction of sp³-hybridized carbons (Fsp3) is 0.500. The summed E-state index contributed by atoms with van der Waals surface area (Å²) in [7, 11) is 0. The zero-order valence-corrected chi connectivity index (χ0v) is 3.18. The molecule has 0 unspecified atom stereocenters. The number of halogens is 1. The van der Waals surface area contributed by atoms with Crippen LogP contribution in [0.5, 0.6) is 0 Å². The minimum atomic E-state index is -0.468. The van der Waals surface area contributed by atoms with E-state index in [-0.39, 0.29) is 11.2 Å². The van der Waals surface area contributed by atoms with Crippen molar-refractivity contribution in [3.8, 4) is 0 Å². The second-order valence-corrected chi connectivity index (χ2v) is 0.670. The average Bonchev–Trinajstić information content (AvgIpc) is 1.38. The molecular formula is C2H7FN2O. The van der Waals surface area contributed by atoms with Crippen molar-refractivity contribution in [1.82, 2.24) is 0 Å². The third-order valence-electron chi connectivity index (χ3n) is 0.201. The predicted octanol–water partition coefficient (Wildman–Crippen LogP) is -1.42. The summed E-state index contributed by atoms with van der Waals surface area (Å²) in [6.45, 7) is -0.0556. The summed E-state index contributed by atoms with van der Waals surface area (Å²) < 4.78 is 0. The molecule has 0 aromatic heterocycles. The summed E-state index contributed by atoms with van der Waals surface area (Å²) in [5, 5.41) is 0. The van der Waals surface area contributed by atoms with Crippen LogP contribution >= 0.6 is 0 Å². The molecule has 0 aliphatic carbocycles. The fourth-order valence-corrected chi connectivity index (χ4v) is 0. The lowest BCUT2D eigenvalue weighted by molar-refractivity contribution is -0.116. The van der Waals surface area contributed by atoms with Gasteiger partial charge in [-0.3, -0.25) is 9.50 Å². The second kappa shape index (κ2) is 4.36. The van der Waals surface area contributed by atoms with Gasteiger partial charge in [0, 0.05) is 0 Å². The molecule has 0 bridgehead atoms. The summed E-state index contributed by atoms with van der Waals surface area (Å²) in [5.74, 6) is -0.468. The Labute approximate surface area is 34.7 Å². The number of hydrogen-bond donors (Lipinski definition) is 2. The topological polar surface area (TPSA) is 69.1 Å². The number of hydrogen-bond acceptors (Lipinski definition) is 2. The summed E-state index contributed by atoms with van der Waals surface area (Å²) in [4.78, 5) is 9.47. The Bertz CT molecular complexity index is 46.8. The molecule has 0 fully saturated rings. The van der Waals surface area contributed by atoms with E-state index >= 15 is 0 Å². The van der Waals surface area contributed by atoms with Gasteiger partial charge in [0.15, 0.2) is 0 Å². The molecular weight excluding hydrogens is 87.0 g/mol. The van der Waals surface area contributed by atoms with Crippen LogP contribution in [0.1, 0.15) is 0 Å². The van der Waals surface area contributed by atoms with Crippen LogP contribution in [0, 0.1) is 0 Å². The molecule has 0 aliphatic rings. The van der Waals surface area contributed by atoms with E-state index < -0.39 is 5.91 Å². The van der Waals surface area contributed by atoms with Crippen LogP contribution < -0.4 is 11.5 Å². The highest BCUT2D eigenvalue weighted by Crippen LogP contribution is 1.36. The lowest BCUT2D eigenvalue weighted by Crippen LogP contribution is -2.21. The van der Waals surface area contributed by atoms with Crippen molar-refractivity contribution in [2.24, 2.45) is 11.5 Å². The third-order valence-corrected chi connectivity index (χ3v) is 0.201. The highest BCUT2D eigenvalue weighted by molar-refractivity contribution is 5.75. The number of rotatable bonds is 1.